The van der Waals surface area contributed by atoms with Crippen LogP contribution in [-0.4, -0.2) is 19.6 Å². The van der Waals surface area contributed by atoms with Gasteiger partial charge in [-0.3, -0.25) is 0 Å². The Morgan fingerprint density at radius 2 is 2.00 bits per heavy atom. The van der Waals surface area contributed by atoms with E-state index in [1.165, 1.54) is 56.4 Å². The summed E-state index contributed by atoms with van der Waals surface area (Å²) in [5.41, 5.74) is 2.51. The Hall–Kier alpha value is -0.730. The number of halogens is 1. The molecule has 1 aliphatic heterocycles. The van der Waals surface area contributed by atoms with Crippen molar-refractivity contribution in [3.05, 3.63) is 28.8 Å². The van der Waals surface area contributed by atoms with Crippen LogP contribution in [0.2, 0.25) is 5.02 Å². The number of anilines is 1. The van der Waals surface area contributed by atoms with Crippen LogP contribution >= 0.6 is 11.6 Å². The van der Waals surface area contributed by atoms with Crippen molar-refractivity contribution in [3.63, 3.8) is 0 Å². The molecule has 3 heteroatoms. The van der Waals surface area contributed by atoms with Crippen LogP contribution in [0.5, 0.6) is 0 Å². The van der Waals surface area contributed by atoms with Crippen molar-refractivity contribution in [1.29, 1.82) is 0 Å². The number of piperidine rings is 1. The molecule has 1 N–H and O–H groups in total. The first kappa shape index (κ1) is 15.2. The summed E-state index contributed by atoms with van der Waals surface area (Å²) in [5.74, 6) is 1.89. The van der Waals surface area contributed by atoms with Crippen LogP contribution < -0.4 is 10.2 Å². The predicted octanol–water partition coefficient (Wildman–Crippen LogP) is 4.47. The minimum absolute atomic E-state index is 0.861. The molecule has 2 aliphatic rings. The summed E-state index contributed by atoms with van der Waals surface area (Å²) in [5, 5.41) is 4.25. The van der Waals surface area contributed by atoms with E-state index >= 15 is 0 Å². The van der Waals surface area contributed by atoms with E-state index in [2.05, 4.69) is 35.3 Å². The highest BCUT2D eigenvalue weighted by Crippen LogP contribution is 2.38. The fraction of sp³-hybridized carbons (Fsp3) is 0.667. The van der Waals surface area contributed by atoms with E-state index in [1.807, 2.05) is 0 Å². The second-order valence-electron chi connectivity index (χ2n) is 6.60. The number of hydrogen-bond acceptors (Lipinski definition) is 2. The normalized spacial score (nSPS) is 25.7. The van der Waals surface area contributed by atoms with Crippen molar-refractivity contribution >= 4 is 17.3 Å². The number of hydrogen-bond donors (Lipinski definition) is 1. The van der Waals surface area contributed by atoms with Crippen molar-refractivity contribution in [3.8, 4) is 0 Å². The van der Waals surface area contributed by atoms with Crippen LogP contribution in [0.3, 0.4) is 0 Å². The Bertz CT molecular complexity index is 474. The number of nitrogens with zero attached hydrogens (tertiary/aromatic N) is 1. The third kappa shape index (κ3) is 3.54. The van der Waals surface area contributed by atoms with Crippen molar-refractivity contribution in [2.24, 2.45) is 11.8 Å². The van der Waals surface area contributed by atoms with E-state index in [0.29, 0.717) is 0 Å². The number of benzene rings is 1. The zero-order chi connectivity index (χ0) is 14.7. The average Bonchev–Trinajstić information content (AvgIpc) is 2.53. The first-order valence-corrected chi connectivity index (χ1v) is 8.90. The number of fused-ring (bicyclic) bond motifs is 1. The largest absolute Gasteiger partial charge is 0.371 e. The van der Waals surface area contributed by atoms with E-state index in [9.17, 15) is 0 Å². The Balaban J connectivity index is 1.67. The minimum Gasteiger partial charge on any atom is -0.371 e. The van der Waals surface area contributed by atoms with Crippen molar-refractivity contribution in [2.75, 3.05) is 24.5 Å². The van der Waals surface area contributed by atoms with Crippen LogP contribution in [0.25, 0.3) is 0 Å². The Morgan fingerprint density at radius 3 is 2.76 bits per heavy atom. The molecule has 0 bridgehead atoms. The first-order valence-electron chi connectivity index (χ1n) is 8.52. The summed E-state index contributed by atoms with van der Waals surface area (Å²) in [6.45, 7) is 6.39. The Kier molecular flexibility index (Phi) is 5.07. The zero-order valence-corrected chi connectivity index (χ0v) is 13.8. The highest BCUT2D eigenvalue weighted by molar-refractivity contribution is 6.31. The van der Waals surface area contributed by atoms with Gasteiger partial charge in [-0.25, -0.2) is 0 Å². The molecule has 0 aromatic heterocycles. The summed E-state index contributed by atoms with van der Waals surface area (Å²) < 4.78 is 0. The summed E-state index contributed by atoms with van der Waals surface area (Å²) in [7, 11) is 0. The highest BCUT2D eigenvalue weighted by Gasteiger charge is 2.31. The second-order valence-corrected chi connectivity index (χ2v) is 7.00. The summed E-state index contributed by atoms with van der Waals surface area (Å²) in [6, 6.07) is 6.60. The lowest BCUT2D eigenvalue weighted by Crippen LogP contribution is -2.41. The molecule has 116 valence electrons. The van der Waals surface area contributed by atoms with Gasteiger partial charge >= 0.3 is 0 Å². The second kappa shape index (κ2) is 7.02. The molecule has 0 radical (unpaired) electrons. The molecule has 1 aromatic carbocycles. The van der Waals surface area contributed by atoms with Crippen LogP contribution in [0.15, 0.2) is 18.2 Å². The van der Waals surface area contributed by atoms with Gasteiger partial charge in [-0.1, -0.05) is 43.9 Å². The first-order chi connectivity index (χ1) is 10.3. The lowest BCUT2D eigenvalue weighted by atomic mass is 9.75. The molecule has 1 heterocycles. The predicted molar refractivity (Wildman–Crippen MR) is 91.1 cm³/mol. The number of nitrogens with one attached hydrogen (secondary N) is 1. The van der Waals surface area contributed by atoms with E-state index in [0.717, 1.165) is 29.9 Å². The van der Waals surface area contributed by atoms with Crippen molar-refractivity contribution < 1.29 is 0 Å². The summed E-state index contributed by atoms with van der Waals surface area (Å²) >= 11 is 6.46. The standard InChI is InChI=1S/C18H27ClN2/c1-2-20-12-15-7-8-17(11-18(15)19)21-10-9-14-5-3-4-6-16(14)13-21/h7-8,11,14,16,20H,2-6,9-10,12-13H2,1H3. The van der Waals surface area contributed by atoms with Crippen LogP contribution in [0.1, 0.15) is 44.6 Å². The molecule has 0 spiro atoms. The van der Waals surface area contributed by atoms with Gasteiger partial charge < -0.3 is 10.2 Å². The maximum absolute atomic E-state index is 6.46. The Morgan fingerprint density at radius 1 is 1.19 bits per heavy atom. The fourth-order valence-corrected chi connectivity index (χ4v) is 4.21. The van der Waals surface area contributed by atoms with Crippen molar-refractivity contribution in [2.45, 2.75) is 45.6 Å². The molecule has 2 unspecified atom stereocenters. The molecule has 1 aliphatic carbocycles. The van der Waals surface area contributed by atoms with E-state index < -0.39 is 0 Å². The van der Waals surface area contributed by atoms with Gasteiger partial charge in [0.25, 0.3) is 0 Å². The van der Waals surface area contributed by atoms with Gasteiger partial charge in [0.1, 0.15) is 0 Å². The molecule has 2 nitrogen and oxygen atoms in total. The monoisotopic (exact) mass is 306 g/mol. The SMILES string of the molecule is CCNCc1ccc(N2CCC3CCCCC3C2)cc1Cl. The summed E-state index contributed by atoms with van der Waals surface area (Å²) in [4.78, 5) is 2.55. The van der Waals surface area contributed by atoms with Gasteiger partial charge in [-0.15, -0.1) is 0 Å². The maximum Gasteiger partial charge on any atom is 0.0471 e. The molecular weight excluding hydrogens is 280 g/mol. The minimum atomic E-state index is 0.861. The van der Waals surface area contributed by atoms with E-state index in [-0.39, 0.29) is 0 Å². The smallest absolute Gasteiger partial charge is 0.0471 e. The quantitative estimate of drug-likeness (QED) is 0.883. The lowest BCUT2D eigenvalue weighted by molar-refractivity contribution is 0.202. The van der Waals surface area contributed by atoms with Gasteiger partial charge in [-0.2, -0.15) is 0 Å². The van der Waals surface area contributed by atoms with Crippen LogP contribution in [0.4, 0.5) is 5.69 Å². The zero-order valence-electron chi connectivity index (χ0n) is 13.1. The molecule has 21 heavy (non-hydrogen) atoms. The van der Waals surface area contributed by atoms with E-state index in [4.69, 9.17) is 11.6 Å². The van der Waals surface area contributed by atoms with Crippen LogP contribution in [0, 0.1) is 11.8 Å². The third-order valence-corrected chi connectivity index (χ3v) is 5.61. The molecule has 0 amide bonds. The average molecular weight is 307 g/mol. The van der Waals surface area contributed by atoms with Crippen LogP contribution in [-0.2, 0) is 6.54 Å². The Labute approximate surface area is 133 Å². The van der Waals surface area contributed by atoms with Gasteiger partial charge in [0.2, 0.25) is 0 Å². The third-order valence-electron chi connectivity index (χ3n) is 5.26. The van der Waals surface area contributed by atoms with Gasteiger partial charge in [-0.05, 0) is 48.9 Å². The molecule has 1 saturated carbocycles. The van der Waals surface area contributed by atoms with Crippen molar-refractivity contribution in [1.82, 2.24) is 5.32 Å². The molecule has 2 atom stereocenters. The fourth-order valence-electron chi connectivity index (χ4n) is 3.97. The molecule has 2 fully saturated rings. The number of rotatable bonds is 4. The van der Waals surface area contributed by atoms with Gasteiger partial charge in [0.15, 0.2) is 0 Å². The van der Waals surface area contributed by atoms with E-state index in [1.54, 1.807) is 0 Å². The highest BCUT2D eigenvalue weighted by atomic mass is 35.5. The summed E-state index contributed by atoms with van der Waals surface area (Å²) in [6.07, 6.45) is 7.12. The molecule has 1 aromatic rings. The molecule has 1 saturated heterocycles. The molecular formula is C18H27ClN2. The molecule has 3 rings (SSSR count). The van der Waals surface area contributed by atoms with Gasteiger partial charge in [0, 0.05) is 30.3 Å². The topological polar surface area (TPSA) is 15.3 Å². The van der Waals surface area contributed by atoms with Gasteiger partial charge in [0.05, 0.1) is 0 Å². The lowest BCUT2D eigenvalue weighted by Gasteiger charge is -2.42. The maximum atomic E-state index is 6.46.